The number of aryl methyl sites for hydroxylation is 1. The summed E-state index contributed by atoms with van der Waals surface area (Å²) in [5, 5.41) is 4.09. The summed E-state index contributed by atoms with van der Waals surface area (Å²) < 4.78 is 16.0. The van der Waals surface area contributed by atoms with Crippen molar-refractivity contribution in [2.75, 3.05) is 27.9 Å². The standard InChI is InChI=1S/C20H23Cl2NO4/c1-25-17-10-13(11-18(26-2)20(17)27-3)4-5-19(24)23-7-6-14-8-15(21)12-16(22)9-14/h8-12H,4-7H2,1-3H3,(H,23,24). The van der Waals surface area contributed by atoms with Gasteiger partial charge in [0.05, 0.1) is 21.3 Å². The van der Waals surface area contributed by atoms with Crippen molar-refractivity contribution >= 4 is 29.1 Å². The second-order valence-corrected chi connectivity index (χ2v) is 6.78. The molecule has 146 valence electrons. The number of carbonyl (C=O) groups is 1. The number of methoxy groups -OCH3 is 3. The Balaban J connectivity index is 1.88. The lowest BCUT2D eigenvalue weighted by Gasteiger charge is -2.14. The van der Waals surface area contributed by atoms with Crippen LogP contribution in [0.3, 0.4) is 0 Å². The molecule has 0 fully saturated rings. The number of halogens is 2. The van der Waals surface area contributed by atoms with Crippen LogP contribution in [0.15, 0.2) is 30.3 Å². The van der Waals surface area contributed by atoms with Crippen molar-refractivity contribution in [2.45, 2.75) is 19.3 Å². The maximum Gasteiger partial charge on any atom is 0.220 e. The number of amides is 1. The predicted octanol–water partition coefficient (Wildman–Crippen LogP) is 4.31. The lowest BCUT2D eigenvalue weighted by atomic mass is 10.1. The minimum atomic E-state index is -0.0307. The highest BCUT2D eigenvalue weighted by molar-refractivity contribution is 6.34. The molecule has 0 heterocycles. The van der Waals surface area contributed by atoms with Crippen molar-refractivity contribution in [1.82, 2.24) is 5.32 Å². The van der Waals surface area contributed by atoms with Gasteiger partial charge in [0.25, 0.3) is 0 Å². The summed E-state index contributed by atoms with van der Waals surface area (Å²) in [6, 6.07) is 9.07. The van der Waals surface area contributed by atoms with Gasteiger partial charge in [-0.2, -0.15) is 0 Å². The molecule has 7 heteroatoms. The van der Waals surface area contributed by atoms with Crippen LogP contribution in [0, 0.1) is 0 Å². The van der Waals surface area contributed by atoms with Crippen LogP contribution in [0.25, 0.3) is 0 Å². The van der Waals surface area contributed by atoms with Gasteiger partial charge in [0.15, 0.2) is 11.5 Å². The number of carbonyl (C=O) groups excluding carboxylic acids is 1. The zero-order valence-corrected chi connectivity index (χ0v) is 17.1. The van der Waals surface area contributed by atoms with E-state index in [1.54, 1.807) is 27.4 Å². The van der Waals surface area contributed by atoms with Gasteiger partial charge in [0.1, 0.15) is 0 Å². The normalized spacial score (nSPS) is 10.4. The minimum Gasteiger partial charge on any atom is -0.493 e. The van der Waals surface area contributed by atoms with Gasteiger partial charge in [-0.1, -0.05) is 23.2 Å². The third kappa shape index (κ3) is 6.22. The van der Waals surface area contributed by atoms with Crippen LogP contribution >= 0.6 is 23.2 Å². The van der Waals surface area contributed by atoms with E-state index in [1.807, 2.05) is 24.3 Å². The maximum atomic E-state index is 12.1. The van der Waals surface area contributed by atoms with Gasteiger partial charge in [0, 0.05) is 23.0 Å². The molecule has 0 atom stereocenters. The van der Waals surface area contributed by atoms with Crippen LogP contribution in [0.1, 0.15) is 17.5 Å². The number of rotatable bonds is 9. The van der Waals surface area contributed by atoms with Gasteiger partial charge in [-0.15, -0.1) is 0 Å². The first-order chi connectivity index (χ1) is 13.0. The van der Waals surface area contributed by atoms with Crippen molar-refractivity contribution in [3.05, 3.63) is 51.5 Å². The number of nitrogens with one attached hydrogen (secondary N) is 1. The Bertz CT molecular complexity index is 750. The van der Waals surface area contributed by atoms with E-state index in [4.69, 9.17) is 37.4 Å². The van der Waals surface area contributed by atoms with Crippen molar-refractivity contribution in [3.63, 3.8) is 0 Å². The molecular weight excluding hydrogens is 389 g/mol. The Hall–Kier alpha value is -2.11. The van der Waals surface area contributed by atoms with Gasteiger partial charge < -0.3 is 19.5 Å². The molecule has 2 rings (SSSR count). The van der Waals surface area contributed by atoms with E-state index in [-0.39, 0.29) is 5.91 Å². The second-order valence-electron chi connectivity index (χ2n) is 5.91. The van der Waals surface area contributed by atoms with Crippen molar-refractivity contribution < 1.29 is 19.0 Å². The minimum absolute atomic E-state index is 0.0307. The molecule has 1 amide bonds. The van der Waals surface area contributed by atoms with Gasteiger partial charge in [-0.05, 0) is 54.3 Å². The molecule has 0 unspecified atom stereocenters. The number of ether oxygens (including phenoxy) is 3. The molecule has 0 saturated carbocycles. The molecule has 0 saturated heterocycles. The topological polar surface area (TPSA) is 56.8 Å². The van der Waals surface area contributed by atoms with E-state index in [1.165, 1.54) is 0 Å². The van der Waals surface area contributed by atoms with Crippen LogP contribution in [-0.2, 0) is 17.6 Å². The van der Waals surface area contributed by atoms with Gasteiger partial charge in [-0.3, -0.25) is 4.79 Å². The lowest BCUT2D eigenvalue weighted by Crippen LogP contribution is -2.25. The molecule has 0 bridgehead atoms. The van der Waals surface area contributed by atoms with Crippen molar-refractivity contribution in [1.29, 1.82) is 0 Å². The van der Waals surface area contributed by atoms with E-state index in [0.29, 0.717) is 53.1 Å². The monoisotopic (exact) mass is 411 g/mol. The van der Waals surface area contributed by atoms with Crippen molar-refractivity contribution in [3.8, 4) is 17.2 Å². The molecular formula is C20H23Cl2NO4. The third-order valence-corrected chi connectivity index (χ3v) is 4.46. The van der Waals surface area contributed by atoms with Gasteiger partial charge >= 0.3 is 0 Å². The Kier molecular flexibility index (Phi) is 8.07. The first-order valence-corrected chi connectivity index (χ1v) is 9.23. The van der Waals surface area contributed by atoms with E-state index in [2.05, 4.69) is 5.32 Å². The van der Waals surface area contributed by atoms with Crippen LogP contribution < -0.4 is 19.5 Å². The highest BCUT2D eigenvalue weighted by atomic mass is 35.5. The summed E-state index contributed by atoms with van der Waals surface area (Å²) in [6.45, 7) is 0.519. The average molecular weight is 412 g/mol. The molecule has 27 heavy (non-hydrogen) atoms. The van der Waals surface area contributed by atoms with Crippen LogP contribution in [-0.4, -0.2) is 33.8 Å². The summed E-state index contributed by atoms with van der Waals surface area (Å²) in [5.74, 6) is 1.65. The first kappa shape index (κ1) is 21.2. The zero-order valence-electron chi connectivity index (χ0n) is 15.6. The Morgan fingerprint density at radius 3 is 1.93 bits per heavy atom. The van der Waals surface area contributed by atoms with Crippen LogP contribution in [0.4, 0.5) is 0 Å². The zero-order chi connectivity index (χ0) is 19.8. The quantitative estimate of drug-likeness (QED) is 0.667. The molecule has 0 aliphatic rings. The van der Waals surface area contributed by atoms with Crippen molar-refractivity contribution in [2.24, 2.45) is 0 Å². The summed E-state index contributed by atoms with van der Waals surface area (Å²) in [5.41, 5.74) is 1.92. The molecule has 0 aliphatic carbocycles. The Morgan fingerprint density at radius 1 is 0.852 bits per heavy atom. The smallest absolute Gasteiger partial charge is 0.220 e. The first-order valence-electron chi connectivity index (χ1n) is 8.47. The van der Waals surface area contributed by atoms with Crippen LogP contribution in [0.2, 0.25) is 10.0 Å². The van der Waals surface area contributed by atoms with E-state index < -0.39 is 0 Å². The Labute approximate surface area is 169 Å². The van der Waals surface area contributed by atoms with Gasteiger partial charge in [0.2, 0.25) is 11.7 Å². The van der Waals surface area contributed by atoms with Gasteiger partial charge in [-0.25, -0.2) is 0 Å². The molecule has 1 N–H and O–H groups in total. The summed E-state index contributed by atoms with van der Waals surface area (Å²) in [7, 11) is 4.69. The second kappa shape index (κ2) is 10.3. The predicted molar refractivity (Wildman–Crippen MR) is 108 cm³/mol. The molecule has 0 aromatic heterocycles. The Morgan fingerprint density at radius 2 is 1.41 bits per heavy atom. The number of hydrogen-bond acceptors (Lipinski definition) is 4. The summed E-state index contributed by atoms with van der Waals surface area (Å²) >= 11 is 12.0. The molecule has 5 nitrogen and oxygen atoms in total. The third-order valence-electron chi connectivity index (χ3n) is 4.02. The van der Waals surface area contributed by atoms with Crippen LogP contribution in [0.5, 0.6) is 17.2 Å². The number of hydrogen-bond donors (Lipinski definition) is 1. The molecule has 2 aromatic carbocycles. The molecule has 0 radical (unpaired) electrons. The fourth-order valence-electron chi connectivity index (χ4n) is 2.73. The highest BCUT2D eigenvalue weighted by Gasteiger charge is 2.13. The SMILES string of the molecule is COc1cc(CCC(=O)NCCc2cc(Cl)cc(Cl)c2)cc(OC)c1OC. The molecule has 0 spiro atoms. The molecule has 0 aliphatic heterocycles. The average Bonchev–Trinajstić information content (AvgIpc) is 2.64. The number of benzene rings is 2. The largest absolute Gasteiger partial charge is 0.493 e. The highest BCUT2D eigenvalue weighted by Crippen LogP contribution is 2.38. The molecule has 2 aromatic rings. The summed E-state index contributed by atoms with van der Waals surface area (Å²) in [4.78, 5) is 12.1. The lowest BCUT2D eigenvalue weighted by molar-refractivity contribution is -0.121. The van der Waals surface area contributed by atoms with E-state index in [0.717, 1.165) is 11.1 Å². The fraction of sp³-hybridized carbons (Fsp3) is 0.350. The van der Waals surface area contributed by atoms with E-state index >= 15 is 0 Å². The van der Waals surface area contributed by atoms with E-state index in [9.17, 15) is 4.79 Å². The maximum absolute atomic E-state index is 12.1. The summed E-state index contributed by atoms with van der Waals surface area (Å²) in [6.07, 6.45) is 1.58. The fourth-order valence-corrected chi connectivity index (χ4v) is 3.30.